The number of ether oxygens (including phenoxy) is 2. The molecule has 0 unspecified atom stereocenters. The largest absolute Gasteiger partial charge is 0.496 e. The molecule has 10 heteroatoms. The molecule has 3 heterocycles. The zero-order valence-electron chi connectivity index (χ0n) is 19.1. The minimum atomic E-state index is -0.631. The molecule has 2 aromatic heterocycles. The summed E-state index contributed by atoms with van der Waals surface area (Å²) in [7, 11) is 5.03. The zero-order chi connectivity index (χ0) is 23.8. The number of fused-ring (bicyclic) bond motifs is 1. The summed E-state index contributed by atoms with van der Waals surface area (Å²) in [6.07, 6.45) is 0.0662. The van der Waals surface area contributed by atoms with Crippen molar-refractivity contribution in [2.24, 2.45) is 0 Å². The molecular formula is C24H25N5O5. The Morgan fingerprint density at radius 3 is 2.50 bits per heavy atom. The fourth-order valence-corrected chi connectivity index (χ4v) is 4.62. The van der Waals surface area contributed by atoms with Gasteiger partial charge in [0.05, 0.1) is 20.3 Å². The average molecular weight is 463 g/mol. The van der Waals surface area contributed by atoms with Crippen molar-refractivity contribution in [3.63, 3.8) is 0 Å². The maximum Gasteiger partial charge on any atom is 0.197 e. The number of aromatic amines is 1. The molecule has 34 heavy (non-hydrogen) atoms. The number of nitrogens with one attached hydrogen (secondary N) is 1. The van der Waals surface area contributed by atoms with Crippen molar-refractivity contribution in [2.75, 3.05) is 34.4 Å². The number of β-amino-alcohol motifs (C(OH)–C–C–N with tert-alkyl or cyclic N) is 1. The summed E-state index contributed by atoms with van der Waals surface area (Å²) in [6, 6.07) is 10.5. The second-order valence-electron chi connectivity index (χ2n) is 8.43. The number of aliphatic hydroxyl groups is 1. The summed E-state index contributed by atoms with van der Waals surface area (Å²) in [5, 5.41) is 25.1. The number of benzene rings is 2. The van der Waals surface area contributed by atoms with Crippen LogP contribution in [0.2, 0.25) is 0 Å². The van der Waals surface area contributed by atoms with Gasteiger partial charge in [0.15, 0.2) is 11.3 Å². The molecule has 1 saturated heterocycles. The van der Waals surface area contributed by atoms with Gasteiger partial charge in [0.2, 0.25) is 0 Å². The summed E-state index contributed by atoms with van der Waals surface area (Å²) in [5.41, 5.74) is 2.34. The Morgan fingerprint density at radius 1 is 1.12 bits per heavy atom. The maximum atomic E-state index is 13.3. The minimum Gasteiger partial charge on any atom is -0.496 e. The van der Waals surface area contributed by atoms with E-state index >= 15 is 0 Å². The second kappa shape index (κ2) is 8.88. The van der Waals surface area contributed by atoms with E-state index in [9.17, 15) is 9.90 Å². The fraction of sp³-hybridized carbons (Fsp3) is 0.333. The van der Waals surface area contributed by atoms with Crippen molar-refractivity contribution in [1.29, 1.82) is 0 Å². The van der Waals surface area contributed by atoms with Gasteiger partial charge in [-0.3, -0.25) is 4.79 Å². The van der Waals surface area contributed by atoms with Gasteiger partial charge in [0.1, 0.15) is 28.2 Å². The molecule has 0 radical (unpaired) electrons. The number of piperidine rings is 1. The second-order valence-corrected chi connectivity index (χ2v) is 8.43. The normalized spacial score (nSPS) is 18.8. The Morgan fingerprint density at radius 2 is 1.85 bits per heavy atom. The summed E-state index contributed by atoms with van der Waals surface area (Å²) < 4.78 is 17.6. The predicted octanol–water partition coefficient (Wildman–Crippen LogP) is 2.44. The number of hydrogen-bond donors (Lipinski definition) is 2. The highest BCUT2D eigenvalue weighted by Gasteiger charge is 2.33. The highest BCUT2D eigenvalue weighted by atomic mass is 16.5. The first kappa shape index (κ1) is 22.1. The molecule has 0 spiro atoms. The van der Waals surface area contributed by atoms with Crippen LogP contribution in [-0.4, -0.2) is 71.1 Å². The predicted molar refractivity (Wildman–Crippen MR) is 125 cm³/mol. The molecule has 0 aliphatic carbocycles. The van der Waals surface area contributed by atoms with E-state index in [0.29, 0.717) is 58.1 Å². The topological polar surface area (TPSA) is 127 Å². The number of likely N-dealkylation sites (tertiary alicyclic amines) is 1. The first-order chi connectivity index (χ1) is 16.5. The quantitative estimate of drug-likeness (QED) is 0.459. The Bertz CT molecular complexity index is 1370. The Kier molecular flexibility index (Phi) is 5.76. The van der Waals surface area contributed by atoms with Gasteiger partial charge in [-0.15, -0.1) is 5.10 Å². The van der Waals surface area contributed by atoms with E-state index in [2.05, 4.69) is 25.5 Å². The van der Waals surface area contributed by atoms with Crippen molar-refractivity contribution in [2.45, 2.75) is 18.4 Å². The highest BCUT2D eigenvalue weighted by molar-refractivity contribution is 5.90. The zero-order valence-corrected chi connectivity index (χ0v) is 19.1. The van der Waals surface area contributed by atoms with E-state index in [1.807, 2.05) is 31.3 Å². The summed E-state index contributed by atoms with van der Waals surface area (Å²) in [6.45, 7) is 1.32. The van der Waals surface area contributed by atoms with Gasteiger partial charge >= 0.3 is 0 Å². The Labute approximate surface area is 195 Å². The molecule has 4 aromatic rings. The number of nitrogens with zero attached hydrogens (tertiary/aromatic N) is 4. The molecule has 0 saturated carbocycles. The number of H-pyrrole nitrogens is 1. The molecule has 2 atom stereocenters. The Hall–Kier alpha value is -3.76. The summed E-state index contributed by atoms with van der Waals surface area (Å²) >= 11 is 0. The lowest BCUT2D eigenvalue weighted by Gasteiger charge is -2.34. The van der Waals surface area contributed by atoms with E-state index in [-0.39, 0.29) is 11.3 Å². The number of hydrogen-bond acceptors (Lipinski definition) is 9. The van der Waals surface area contributed by atoms with Crippen LogP contribution < -0.4 is 14.9 Å². The molecule has 2 aromatic carbocycles. The minimum absolute atomic E-state index is 0.233. The number of tetrazole rings is 1. The summed E-state index contributed by atoms with van der Waals surface area (Å²) in [4.78, 5) is 15.4. The highest BCUT2D eigenvalue weighted by Crippen LogP contribution is 2.43. The van der Waals surface area contributed by atoms with Crippen LogP contribution in [0, 0.1) is 0 Å². The average Bonchev–Trinajstić information content (AvgIpc) is 3.38. The third-order valence-corrected chi connectivity index (χ3v) is 6.35. The molecular weight excluding hydrogens is 438 g/mol. The van der Waals surface area contributed by atoms with Crippen LogP contribution in [0.5, 0.6) is 11.5 Å². The number of rotatable bonds is 5. The van der Waals surface area contributed by atoms with Gasteiger partial charge in [0, 0.05) is 41.3 Å². The van der Waals surface area contributed by atoms with Crippen LogP contribution in [0.25, 0.3) is 33.7 Å². The van der Waals surface area contributed by atoms with Crippen molar-refractivity contribution in [3.05, 3.63) is 52.2 Å². The number of methoxy groups -OCH3 is 2. The van der Waals surface area contributed by atoms with Crippen LogP contribution in [-0.2, 0) is 0 Å². The lowest BCUT2D eigenvalue weighted by Crippen LogP contribution is -2.40. The lowest BCUT2D eigenvalue weighted by molar-refractivity contribution is 0.0630. The van der Waals surface area contributed by atoms with E-state index in [1.54, 1.807) is 13.2 Å². The molecule has 1 aliphatic rings. The van der Waals surface area contributed by atoms with Crippen molar-refractivity contribution < 1.29 is 19.0 Å². The van der Waals surface area contributed by atoms with Gasteiger partial charge in [-0.25, -0.2) is 5.10 Å². The number of likely N-dealkylation sites (N-methyl/N-ethyl adjacent to an activating group) is 1. The van der Waals surface area contributed by atoms with Crippen LogP contribution in [0.4, 0.5) is 0 Å². The monoisotopic (exact) mass is 463 g/mol. The number of aliphatic hydroxyl groups excluding tert-OH is 1. The summed E-state index contributed by atoms with van der Waals surface area (Å²) in [5.74, 6) is 1.58. The van der Waals surface area contributed by atoms with Crippen molar-refractivity contribution in [3.8, 4) is 34.2 Å². The van der Waals surface area contributed by atoms with Crippen LogP contribution in [0.1, 0.15) is 17.9 Å². The van der Waals surface area contributed by atoms with E-state index in [0.717, 1.165) is 12.1 Å². The first-order valence-corrected chi connectivity index (χ1v) is 10.9. The maximum absolute atomic E-state index is 13.3. The van der Waals surface area contributed by atoms with Crippen molar-refractivity contribution in [1.82, 2.24) is 25.5 Å². The molecule has 1 fully saturated rings. The number of aromatic nitrogens is 4. The standard InChI is InChI=1S/C24H25N5O5/c1-29-9-8-15(17(31)12-29)21-19(32-2)11-20(33-3)22-16(30)10-18(34-23(21)22)13-4-6-14(7-5-13)24-25-27-28-26-24/h4-7,10-11,15,17,31H,8-9,12H2,1-3H3,(H,25,26,27,28)/t15-,17+/m0/s1. The van der Waals surface area contributed by atoms with Crippen LogP contribution in [0.15, 0.2) is 45.6 Å². The van der Waals surface area contributed by atoms with E-state index in [4.69, 9.17) is 13.9 Å². The van der Waals surface area contributed by atoms with Crippen LogP contribution >= 0.6 is 0 Å². The smallest absolute Gasteiger partial charge is 0.197 e. The first-order valence-electron chi connectivity index (χ1n) is 10.9. The SMILES string of the molecule is COc1cc(OC)c2c(=O)cc(-c3ccc(-c4nnn[nH]4)cc3)oc2c1[C@H]1CCN(C)C[C@H]1O. The molecule has 1 aliphatic heterocycles. The molecule has 5 rings (SSSR count). The third kappa shape index (κ3) is 3.80. The van der Waals surface area contributed by atoms with E-state index in [1.165, 1.54) is 13.2 Å². The van der Waals surface area contributed by atoms with Gasteiger partial charge in [0.25, 0.3) is 0 Å². The van der Waals surface area contributed by atoms with Gasteiger partial charge in [-0.2, -0.15) is 0 Å². The fourth-order valence-electron chi connectivity index (χ4n) is 4.62. The lowest BCUT2D eigenvalue weighted by atomic mass is 9.85. The van der Waals surface area contributed by atoms with Gasteiger partial charge in [-0.05, 0) is 30.4 Å². The molecule has 0 amide bonds. The van der Waals surface area contributed by atoms with Crippen molar-refractivity contribution >= 4 is 11.0 Å². The van der Waals surface area contributed by atoms with Gasteiger partial charge in [-0.1, -0.05) is 24.3 Å². The molecule has 10 nitrogen and oxygen atoms in total. The molecule has 176 valence electrons. The third-order valence-electron chi connectivity index (χ3n) is 6.35. The Balaban J connectivity index is 1.69. The molecule has 2 N–H and O–H groups in total. The van der Waals surface area contributed by atoms with Gasteiger partial charge < -0.3 is 23.9 Å². The van der Waals surface area contributed by atoms with E-state index < -0.39 is 6.10 Å². The van der Waals surface area contributed by atoms with Crippen LogP contribution in [0.3, 0.4) is 0 Å². The molecule has 0 bridgehead atoms.